The van der Waals surface area contributed by atoms with Crippen LogP contribution in [-0.4, -0.2) is 5.11 Å². The zero-order chi connectivity index (χ0) is 17.1. The number of benzene rings is 2. The van der Waals surface area contributed by atoms with Crippen molar-refractivity contribution in [3.63, 3.8) is 0 Å². The van der Waals surface area contributed by atoms with Gasteiger partial charge in [0.05, 0.1) is 14.3 Å². The van der Waals surface area contributed by atoms with Crippen LogP contribution in [0.5, 0.6) is 5.75 Å². The zero-order valence-electron chi connectivity index (χ0n) is 12.2. The van der Waals surface area contributed by atoms with E-state index in [1.165, 1.54) is 9.77 Å². The SMILES string of the molecule is Oc1c(Cl)cc(NCc2ccsc2Sc2ccc(Cl)cc2)cc1Cl. The first kappa shape index (κ1) is 17.8. The Hall–Kier alpha value is -1.04. The third-order valence-electron chi connectivity index (χ3n) is 3.23. The smallest absolute Gasteiger partial charge is 0.152 e. The summed E-state index contributed by atoms with van der Waals surface area (Å²) in [5, 5.41) is 16.1. The monoisotopic (exact) mass is 415 g/mol. The van der Waals surface area contributed by atoms with Gasteiger partial charge in [0, 0.05) is 22.2 Å². The molecule has 0 aliphatic heterocycles. The molecule has 0 saturated heterocycles. The summed E-state index contributed by atoms with van der Waals surface area (Å²) in [6, 6.07) is 13.2. The lowest BCUT2D eigenvalue weighted by Crippen LogP contribution is -1.99. The molecule has 0 unspecified atom stereocenters. The van der Waals surface area contributed by atoms with E-state index in [9.17, 15) is 5.11 Å². The van der Waals surface area contributed by atoms with Gasteiger partial charge in [0.15, 0.2) is 5.75 Å². The summed E-state index contributed by atoms with van der Waals surface area (Å²) in [7, 11) is 0. The molecule has 2 aromatic carbocycles. The third-order valence-corrected chi connectivity index (χ3v) is 6.30. The van der Waals surface area contributed by atoms with Crippen LogP contribution in [0.25, 0.3) is 0 Å². The number of anilines is 1. The van der Waals surface area contributed by atoms with E-state index in [0.717, 1.165) is 15.6 Å². The van der Waals surface area contributed by atoms with E-state index in [4.69, 9.17) is 34.8 Å². The molecule has 0 atom stereocenters. The molecule has 0 spiro atoms. The van der Waals surface area contributed by atoms with Crippen LogP contribution in [-0.2, 0) is 6.54 Å². The van der Waals surface area contributed by atoms with Gasteiger partial charge in [-0.3, -0.25) is 0 Å². The summed E-state index contributed by atoms with van der Waals surface area (Å²) in [5.74, 6) is -0.0987. The van der Waals surface area contributed by atoms with Gasteiger partial charge >= 0.3 is 0 Å². The molecular formula is C17H12Cl3NOS2. The number of rotatable bonds is 5. The van der Waals surface area contributed by atoms with E-state index in [0.29, 0.717) is 6.54 Å². The molecule has 124 valence electrons. The van der Waals surface area contributed by atoms with E-state index >= 15 is 0 Å². The summed E-state index contributed by atoms with van der Waals surface area (Å²) in [4.78, 5) is 1.14. The summed E-state index contributed by atoms with van der Waals surface area (Å²) in [6.07, 6.45) is 0. The normalized spacial score (nSPS) is 10.8. The van der Waals surface area contributed by atoms with Crippen LogP contribution in [0.4, 0.5) is 5.69 Å². The quantitative estimate of drug-likeness (QED) is 0.432. The van der Waals surface area contributed by atoms with Gasteiger partial charge in [-0.1, -0.05) is 46.6 Å². The molecule has 1 heterocycles. The maximum absolute atomic E-state index is 9.61. The number of hydrogen-bond acceptors (Lipinski definition) is 4. The Labute approximate surface area is 163 Å². The molecule has 0 fully saturated rings. The highest BCUT2D eigenvalue weighted by atomic mass is 35.5. The van der Waals surface area contributed by atoms with Gasteiger partial charge in [0.2, 0.25) is 0 Å². The average Bonchev–Trinajstić information content (AvgIpc) is 3.00. The first-order chi connectivity index (χ1) is 11.5. The van der Waals surface area contributed by atoms with E-state index in [2.05, 4.69) is 16.8 Å². The van der Waals surface area contributed by atoms with E-state index in [1.807, 2.05) is 24.3 Å². The topological polar surface area (TPSA) is 32.3 Å². The maximum Gasteiger partial charge on any atom is 0.152 e. The average molecular weight is 417 g/mol. The lowest BCUT2D eigenvalue weighted by atomic mass is 10.2. The van der Waals surface area contributed by atoms with Gasteiger partial charge in [0.1, 0.15) is 0 Å². The van der Waals surface area contributed by atoms with Crippen molar-refractivity contribution in [2.75, 3.05) is 5.32 Å². The van der Waals surface area contributed by atoms with Crippen molar-refractivity contribution in [2.24, 2.45) is 0 Å². The Balaban J connectivity index is 1.71. The molecule has 2 nitrogen and oxygen atoms in total. The Morgan fingerprint density at radius 2 is 1.67 bits per heavy atom. The second-order valence-corrected chi connectivity index (χ2v) is 8.44. The fraction of sp³-hybridized carbons (Fsp3) is 0.0588. The van der Waals surface area contributed by atoms with Crippen LogP contribution in [0.1, 0.15) is 5.56 Å². The van der Waals surface area contributed by atoms with Crippen molar-refractivity contribution < 1.29 is 5.11 Å². The molecule has 0 aliphatic carbocycles. The summed E-state index contributed by atoms with van der Waals surface area (Å²) < 4.78 is 1.21. The van der Waals surface area contributed by atoms with Crippen molar-refractivity contribution in [3.05, 3.63) is 68.5 Å². The minimum absolute atomic E-state index is 0.0987. The van der Waals surface area contributed by atoms with Crippen LogP contribution in [0.2, 0.25) is 15.1 Å². The molecule has 1 aromatic heterocycles. The van der Waals surface area contributed by atoms with Gasteiger partial charge in [-0.05, 0) is 53.4 Å². The Kier molecular flexibility index (Phi) is 5.85. The molecular weight excluding hydrogens is 405 g/mol. The molecule has 3 rings (SSSR count). The Morgan fingerprint density at radius 3 is 2.33 bits per heavy atom. The molecule has 0 aliphatic rings. The largest absolute Gasteiger partial charge is 0.505 e. The van der Waals surface area contributed by atoms with Gasteiger partial charge < -0.3 is 10.4 Å². The minimum atomic E-state index is -0.0987. The molecule has 0 amide bonds. The van der Waals surface area contributed by atoms with E-state index in [-0.39, 0.29) is 15.8 Å². The molecule has 2 N–H and O–H groups in total. The molecule has 0 radical (unpaired) electrons. The maximum atomic E-state index is 9.61. The van der Waals surface area contributed by atoms with E-state index in [1.54, 1.807) is 35.2 Å². The van der Waals surface area contributed by atoms with Crippen LogP contribution in [0, 0.1) is 0 Å². The fourth-order valence-corrected chi connectivity index (χ4v) is 4.68. The van der Waals surface area contributed by atoms with Gasteiger partial charge in [-0.2, -0.15) is 0 Å². The second-order valence-electron chi connectivity index (χ2n) is 4.93. The van der Waals surface area contributed by atoms with Gasteiger partial charge in [0.25, 0.3) is 0 Å². The molecule has 7 heteroatoms. The zero-order valence-corrected chi connectivity index (χ0v) is 16.1. The minimum Gasteiger partial charge on any atom is -0.505 e. The second kappa shape index (κ2) is 7.89. The predicted molar refractivity (Wildman–Crippen MR) is 105 cm³/mol. The van der Waals surface area contributed by atoms with Gasteiger partial charge in [-0.25, -0.2) is 0 Å². The van der Waals surface area contributed by atoms with Crippen molar-refractivity contribution in [3.8, 4) is 5.75 Å². The van der Waals surface area contributed by atoms with Crippen molar-refractivity contribution in [2.45, 2.75) is 15.6 Å². The lowest BCUT2D eigenvalue weighted by Gasteiger charge is -2.09. The third kappa shape index (κ3) is 4.32. The number of phenols is 1. The number of nitrogens with one attached hydrogen (secondary N) is 1. The molecule has 24 heavy (non-hydrogen) atoms. The summed E-state index contributed by atoms with van der Waals surface area (Å²) in [5.41, 5.74) is 1.94. The van der Waals surface area contributed by atoms with Crippen molar-refractivity contribution in [1.82, 2.24) is 0 Å². The number of aromatic hydroxyl groups is 1. The standard InChI is InChI=1S/C17H12Cl3NOS2/c18-11-1-3-13(4-2-11)24-17-10(5-6-23-17)9-21-12-7-14(19)16(22)15(20)8-12/h1-8,21-22H,9H2. The highest BCUT2D eigenvalue weighted by Gasteiger charge is 2.09. The van der Waals surface area contributed by atoms with Crippen LogP contribution >= 0.6 is 57.9 Å². The Bertz CT molecular complexity index is 826. The molecule has 0 saturated carbocycles. The van der Waals surface area contributed by atoms with Crippen molar-refractivity contribution >= 4 is 63.6 Å². The van der Waals surface area contributed by atoms with Crippen LogP contribution in [0.15, 0.2) is 56.9 Å². The number of halogens is 3. The van der Waals surface area contributed by atoms with Crippen LogP contribution in [0.3, 0.4) is 0 Å². The molecule has 3 aromatic rings. The lowest BCUT2D eigenvalue weighted by molar-refractivity contribution is 0.476. The predicted octanol–water partition coefficient (Wildman–Crippen LogP) is 7.18. The molecule has 0 bridgehead atoms. The van der Waals surface area contributed by atoms with Gasteiger partial charge in [-0.15, -0.1) is 11.3 Å². The number of thiophene rings is 1. The summed E-state index contributed by atoms with van der Waals surface area (Å²) >= 11 is 21.2. The first-order valence-corrected chi connectivity index (χ1v) is 9.77. The van der Waals surface area contributed by atoms with Crippen molar-refractivity contribution in [1.29, 1.82) is 0 Å². The number of phenolic OH excluding ortho intramolecular Hbond substituents is 1. The summed E-state index contributed by atoms with van der Waals surface area (Å²) in [6.45, 7) is 0.636. The number of hydrogen-bond donors (Lipinski definition) is 2. The van der Waals surface area contributed by atoms with Crippen LogP contribution < -0.4 is 5.32 Å². The Morgan fingerprint density at radius 1 is 1.00 bits per heavy atom. The highest BCUT2D eigenvalue weighted by molar-refractivity contribution is 8.01. The first-order valence-electron chi connectivity index (χ1n) is 6.94. The van der Waals surface area contributed by atoms with E-state index < -0.39 is 0 Å². The highest BCUT2D eigenvalue weighted by Crippen LogP contribution is 2.37. The fourth-order valence-electron chi connectivity index (χ4n) is 2.02.